The van der Waals surface area contributed by atoms with E-state index in [1.165, 1.54) is 18.2 Å². The van der Waals surface area contributed by atoms with E-state index in [0.717, 1.165) is 0 Å². The average molecular weight is 310 g/mol. The Morgan fingerprint density at radius 3 is 2.29 bits per heavy atom. The Hall–Kier alpha value is -3.22. The summed E-state index contributed by atoms with van der Waals surface area (Å²) in [5, 5.41) is 37.7. The van der Waals surface area contributed by atoms with E-state index in [0.29, 0.717) is 6.07 Å². The standard InChI is InChI=1S/C11H2ClF2N5O2/c12-9-6(13)1-8(19(20)21)11(10(9)14)18-7(4-17)5(2-15)3-16/h1,18H. The number of nitro benzene ring substituents is 1. The molecule has 1 N–H and O–H groups in total. The lowest BCUT2D eigenvalue weighted by Gasteiger charge is -2.08. The molecule has 1 rings (SSSR count). The van der Waals surface area contributed by atoms with Crippen LogP contribution in [0.3, 0.4) is 0 Å². The van der Waals surface area contributed by atoms with Gasteiger partial charge in [-0.2, -0.15) is 15.8 Å². The van der Waals surface area contributed by atoms with Gasteiger partial charge in [-0.15, -0.1) is 0 Å². The summed E-state index contributed by atoms with van der Waals surface area (Å²) in [4.78, 5) is 9.66. The van der Waals surface area contributed by atoms with Crippen LogP contribution in [0, 0.1) is 55.7 Å². The minimum Gasteiger partial charge on any atom is -0.337 e. The van der Waals surface area contributed by atoms with Crippen molar-refractivity contribution in [1.29, 1.82) is 15.8 Å². The van der Waals surface area contributed by atoms with Crippen molar-refractivity contribution in [2.24, 2.45) is 0 Å². The van der Waals surface area contributed by atoms with Gasteiger partial charge in [0.15, 0.2) is 22.9 Å². The van der Waals surface area contributed by atoms with Gasteiger partial charge in [0.2, 0.25) is 0 Å². The number of nitriles is 3. The SMILES string of the molecule is N#CC(C#N)=C(C#N)Nc1c([N+](=O)[O-])cc(F)c(Cl)c1F. The van der Waals surface area contributed by atoms with Gasteiger partial charge in [-0.05, 0) is 0 Å². The summed E-state index contributed by atoms with van der Waals surface area (Å²) in [6.45, 7) is 0. The molecule has 0 unspecified atom stereocenters. The van der Waals surface area contributed by atoms with Crippen LogP contribution in [0.25, 0.3) is 0 Å². The quantitative estimate of drug-likeness (QED) is 0.396. The Balaban J connectivity index is 3.60. The molecule has 0 aliphatic rings. The Kier molecular flexibility index (Phi) is 4.74. The molecule has 0 amide bonds. The molecule has 0 aliphatic carbocycles. The molecule has 0 heterocycles. The van der Waals surface area contributed by atoms with Crippen LogP contribution in [-0.4, -0.2) is 4.92 Å². The Bertz CT molecular complexity index is 770. The third-order valence-electron chi connectivity index (χ3n) is 2.17. The maximum Gasteiger partial charge on any atom is 0.298 e. The van der Waals surface area contributed by atoms with E-state index in [1.807, 2.05) is 5.32 Å². The van der Waals surface area contributed by atoms with Crippen molar-refractivity contribution < 1.29 is 13.7 Å². The summed E-state index contributed by atoms with van der Waals surface area (Å²) in [6.07, 6.45) is 0. The van der Waals surface area contributed by atoms with E-state index in [2.05, 4.69) is 0 Å². The van der Waals surface area contributed by atoms with E-state index in [4.69, 9.17) is 27.4 Å². The van der Waals surface area contributed by atoms with Crippen LogP contribution in [0.15, 0.2) is 17.3 Å². The van der Waals surface area contributed by atoms with Gasteiger partial charge >= 0.3 is 0 Å². The molecule has 0 atom stereocenters. The van der Waals surface area contributed by atoms with Crippen LogP contribution < -0.4 is 5.32 Å². The Morgan fingerprint density at radius 2 is 1.86 bits per heavy atom. The zero-order valence-electron chi connectivity index (χ0n) is 9.82. The van der Waals surface area contributed by atoms with Crippen molar-refractivity contribution in [2.75, 3.05) is 5.32 Å². The minimum atomic E-state index is -1.52. The lowest BCUT2D eigenvalue weighted by atomic mass is 10.2. The van der Waals surface area contributed by atoms with Crippen molar-refractivity contribution in [3.63, 3.8) is 0 Å². The Labute approximate surface area is 121 Å². The summed E-state index contributed by atoms with van der Waals surface area (Å²) >= 11 is 5.29. The first-order valence-corrected chi connectivity index (χ1v) is 5.28. The molecule has 0 bridgehead atoms. The molecule has 104 valence electrons. The maximum atomic E-state index is 13.8. The predicted octanol–water partition coefficient (Wildman–Crippen LogP) is 2.76. The third kappa shape index (κ3) is 3.03. The number of anilines is 1. The van der Waals surface area contributed by atoms with Gasteiger partial charge in [-0.25, -0.2) is 8.78 Å². The molecule has 10 heteroatoms. The average Bonchev–Trinajstić information content (AvgIpc) is 2.46. The van der Waals surface area contributed by atoms with Gasteiger partial charge in [-0.1, -0.05) is 11.6 Å². The summed E-state index contributed by atoms with van der Waals surface area (Å²) < 4.78 is 27.0. The lowest BCUT2D eigenvalue weighted by molar-refractivity contribution is -0.384. The van der Waals surface area contributed by atoms with E-state index < -0.39 is 44.2 Å². The van der Waals surface area contributed by atoms with Gasteiger partial charge in [0.1, 0.15) is 28.9 Å². The highest BCUT2D eigenvalue weighted by Gasteiger charge is 2.26. The largest absolute Gasteiger partial charge is 0.337 e. The number of nitro groups is 1. The number of benzene rings is 1. The van der Waals surface area contributed by atoms with Gasteiger partial charge in [0, 0.05) is 0 Å². The van der Waals surface area contributed by atoms with Gasteiger partial charge in [0.25, 0.3) is 5.69 Å². The second-order valence-corrected chi connectivity index (χ2v) is 3.73. The molecule has 0 saturated carbocycles. The zero-order chi connectivity index (χ0) is 16.2. The van der Waals surface area contributed by atoms with Crippen LogP contribution in [-0.2, 0) is 0 Å². The highest BCUT2D eigenvalue weighted by Crippen LogP contribution is 2.35. The normalized spacial score (nSPS) is 8.95. The van der Waals surface area contributed by atoms with E-state index in [-0.39, 0.29) is 0 Å². The summed E-state index contributed by atoms with van der Waals surface area (Å²) in [7, 11) is 0. The maximum absolute atomic E-state index is 13.8. The smallest absolute Gasteiger partial charge is 0.298 e. The number of nitrogens with zero attached hydrogens (tertiary/aromatic N) is 4. The first-order chi connectivity index (χ1) is 9.87. The predicted molar refractivity (Wildman–Crippen MR) is 65.5 cm³/mol. The number of allylic oxidation sites excluding steroid dienone is 2. The van der Waals surface area contributed by atoms with Crippen molar-refractivity contribution in [3.8, 4) is 18.2 Å². The molecule has 0 aromatic heterocycles. The van der Waals surface area contributed by atoms with Crippen LogP contribution in [0.2, 0.25) is 5.02 Å². The number of hydrogen-bond acceptors (Lipinski definition) is 6. The minimum absolute atomic E-state index is 0.348. The van der Waals surface area contributed by atoms with Crippen molar-refractivity contribution in [1.82, 2.24) is 0 Å². The molecule has 1 aromatic carbocycles. The highest BCUT2D eigenvalue weighted by atomic mass is 35.5. The van der Waals surface area contributed by atoms with Crippen LogP contribution in [0.1, 0.15) is 0 Å². The second-order valence-electron chi connectivity index (χ2n) is 3.35. The molecular formula is C11H2ClF2N5O2. The van der Waals surface area contributed by atoms with Crippen LogP contribution in [0.5, 0.6) is 0 Å². The topological polar surface area (TPSA) is 127 Å². The second kappa shape index (κ2) is 6.29. The number of halogens is 3. The fraction of sp³-hybridized carbons (Fsp3) is 0. The van der Waals surface area contributed by atoms with Gasteiger partial charge < -0.3 is 5.32 Å². The van der Waals surface area contributed by atoms with E-state index in [9.17, 15) is 18.9 Å². The molecular weight excluding hydrogens is 308 g/mol. The molecule has 7 nitrogen and oxygen atoms in total. The summed E-state index contributed by atoms with van der Waals surface area (Å²) in [5.41, 5.74) is -3.43. The number of nitrogens with one attached hydrogen (secondary N) is 1. The lowest BCUT2D eigenvalue weighted by Crippen LogP contribution is -2.07. The first-order valence-electron chi connectivity index (χ1n) is 4.90. The first kappa shape index (κ1) is 15.8. The molecule has 1 aromatic rings. The molecule has 0 saturated heterocycles. The van der Waals surface area contributed by atoms with E-state index in [1.54, 1.807) is 0 Å². The van der Waals surface area contributed by atoms with Crippen LogP contribution >= 0.6 is 11.6 Å². The molecule has 0 spiro atoms. The van der Waals surface area contributed by atoms with Gasteiger partial charge in [0.05, 0.1) is 11.0 Å². The van der Waals surface area contributed by atoms with Crippen molar-refractivity contribution in [3.05, 3.63) is 44.1 Å². The van der Waals surface area contributed by atoms with E-state index >= 15 is 0 Å². The number of rotatable bonds is 3. The highest BCUT2D eigenvalue weighted by molar-refractivity contribution is 6.31. The molecule has 0 fully saturated rings. The molecule has 0 radical (unpaired) electrons. The Morgan fingerprint density at radius 1 is 1.29 bits per heavy atom. The van der Waals surface area contributed by atoms with Crippen molar-refractivity contribution >= 4 is 23.0 Å². The van der Waals surface area contributed by atoms with Gasteiger partial charge in [-0.3, -0.25) is 10.1 Å². The third-order valence-corrected chi connectivity index (χ3v) is 2.52. The van der Waals surface area contributed by atoms with Crippen molar-refractivity contribution in [2.45, 2.75) is 0 Å². The fourth-order valence-corrected chi connectivity index (χ4v) is 1.40. The fourth-order valence-electron chi connectivity index (χ4n) is 1.25. The molecule has 0 aliphatic heterocycles. The number of hydrogen-bond donors (Lipinski definition) is 1. The summed E-state index contributed by atoms with van der Waals surface area (Å²) in [6, 6.07) is 4.43. The van der Waals surface area contributed by atoms with Crippen LogP contribution in [0.4, 0.5) is 20.2 Å². The summed E-state index contributed by atoms with van der Waals surface area (Å²) in [5.74, 6) is -2.89. The molecule has 21 heavy (non-hydrogen) atoms. The monoisotopic (exact) mass is 309 g/mol. The zero-order valence-corrected chi connectivity index (χ0v) is 10.6.